The van der Waals surface area contributed by atoms with Crippen molar-refractivity contribution in [2.45, 2.75) is 19.4 Å². The molecule has 98 valence electrons. The molecule has 1 aliphatic heterocycles. The van der Waals surface area contributed by atoms with Crippen molar-refractivity contribution in [2.75, 3.05) is 25.5 Å². The Hall–Kier alpha value is -1.39. The fourth-order valence-electron chi connectivity index (χ4n) is 2.23. The SMILES string of the molecule is COCc1ccccc1NC(=O)[C@@H]1CCCNC1. The average molecular weight is 248 g/mol. The summed E-state index contributed by atoms with van der Waals surface area (Å²) in [5.41, 5.74) is 1.87. The molecule has 2 N–H and O–H groups in total. The number of hydrogen-bond donors (Lipinski definition) is 2. The van der Waals surface area contributed by atoms with E-state index in [4.69, 9.17) is 4.74 Å². The molecule has 18 heavy (non-hydrogen) atoms. The summed E-state index contributed by atoms with van der Waals surface area (Å²) in [6.45, 7) is 2.31. The molecule has 0 radical (unpaired) electrons. The lowest BCUT2D eigenvalue weighted by Crippen LogP contribution is -2.37. The van der Waals surface area contributed by atoms with Crippen LogP contribution in [0.3, 0.4) is 0 Å². The fourth-order valence-corrected chi connectivity index (χ4v) is 2.23. The smallest absolute Gasteiger partial charge is 0.228 e. The molecular weight excluding hydrogens is 228 g/mol. The highest BCUT2D eigenvalue weighted by molar-refractivity contribution is 5.93. The second kappa shape index (κ2) is 6.52. The first-order chi connectivity index (χ1) is 8.81. The number of methoxy groups -OCH3 is 1. The summed E-state index contributed by atoms with van der Waals surface area (Å²) >= 11 is 0. The minimum Gasteiger partial charge on any atom is -0.380 e. The Balaban J connectivity index is 2.01. The first-order valence-electron chi connectivity index (χ1n) is 6.39. The van der Waals surface area contributed by atoms with Gasteiger partial charge in [0.25, 0.3) is 0 Å². The molecule has 1 saturated heterocycles. The molecule has 0 aliphatic carbocycles. The van der Waals surface area contributed by atoms with E-state index in [0.717, 1.165) is 37.2 Å². The summed E-state index contributed by atoms with van der Waals surface area (Å²) < 4.78 is 5.13. The summed E-state index contributed by atoms with van der Waals surface area (Å²) in [4.78, 5) is 12.1. The molecule has 1 aliphatic rings. The minimum absolute atomic E-state index is 0.0781. The van der Waals surface area contributed by atoms with Crippen molar-refractivity contribution in [1.29, 1.82) is 0 Å². The zero-order valence-corrected chi connectivity index (χ0v) is 10.7. The molecule has 0 aromatic heterocycles. The van der Waals surface area contributed by atoms with Gasteiger partial charge in [-0.2, -0.15) is 0 Å². The van der Waals surface area contributed by atoms with Gasteiger partial charge in [-0.25, -0.2) is 0 Å². The fraction of sp³-hybridized carbons (Fsp3) is 0.500. The second-order valence-electron chi connectivity index (χ2n) is 4.62. The van der Waals surface area contributed by atoms with Crippen LogP contribution in [0, 0.1) is 5.92 Å². The third kappa shape index (κ3) is 3.31. The molecule has 0 saturated carbocycles. The Morgan fingerprint density at radius 2 is 2.33 bits per heavy atom. The number of rotatable bonds is 4. The predicted octanol–water partition coefficient (Wildman–Crippen LogP) is 1.77. The van der Waals surface area contributed by atoms with E-state index in [1.54, 1.807) is 7.11 Å². The summed E-state index contributed by atoms with van der Waals surface area (Å²) in [7, 11) is 1.66. The van der Waals surface area contributed by atoms with E-state index in [9.17, 15) is 4.79 Å². The maximum atomic E-state index is 12.1. The van der Waals surface area contributed by atoms with Gasteiger partial charge in [0.15, 0.2) is 0 Å². The number of piperidine rings is 1. The van der Waals surface area contributed by atoms with E-state index in [0.29, 0.717) is 6.61 Å². The van der Waals surface area contributed by atoms with E-state index in [-0.39, 0.29) is 11.8 Å². The van der Waals surface area contributed by atoms with E-state index < -0.39 is 0 Å². The number of amides is 1. The van der Waals surface area contributed by atoms with Crippen molar-refractivity contribution in [2.24, 2.45) is 5.92 Å². The van der Waals surface area contributed by atoms with E-state index in [2.05, 4.69) is 10.6 Å². The standard InChI is InChI=1S/C14H20N2O2/c1-18-10-12-5-2-3-7-13(12)16-14(17)11-6-4-8-15-9-11/h2-3,5,7,11,15H,4,6,8-10H2,1H3,(H,16,17)/t11-/m1/s1. The van der Waals surface area contributed by atoms with Crippen LogP contribution in [0.5, 0.6) is 0 Å². The van der Waals surface area contributed by atoms with Crippen LogP contribution in [0.25, 0.3) is 0 Å². The van der Waals surface area contributed by atoms with Crippen molar-refractivity contribution in [3.63, 3.8) is 0 Å². The van der Waals surface area contributed by atoms with Gasteiger partial charge in [-0.05, 0) is 25.5 Å². The van der Waals surface area contributed by atoms with Gasteiger partial charge >= 0.3 is 0 Å². The Morgan fingerprint density at radius 3 is 3.06 bits per heavy atom. The maximum Gasteiger partial charge on any atom is 0.228 e. The van der Waals surface area contributed by atoms with Crippen LogP contribution in [0.1, 0.15) is 18.4 Å². The average Bonchev–Trinajstić information content (AvgIpc) is 2.42. The first kappa shape index (κ1) is 13.1. The monoisotopic (exact) mass is 248 g/mol. The first-order valence-corrected chi connectivity index (χ1v) is 6.39. The molecule has 4 heteroatoms. The van der Waals surface area contributed by atoms with Crippen LogP contribution in [0.2, 0.25) is 0 Å². The molecule has 2 rings (SSSR count). The summed E-state index contributed by atoms with van der Waals surface area (Å²) in [6, 6.07) is 7.76. The number of para-hydroxylation sites is 1. The molecule has 1 heterocycles. The van der Waals surface area contributed by atoms with E-state index in [1.165, 1.54) is 0 Å². The molecule has 1 fully saturated rings. The van der Waals surface area contributed by atoms with Crippen LogP contribution in [-0.4, -0.2) is 26.1 Å². The summed E-state index contributed by atoms with van der Waals surface area (Å²) in [6.07, 6.45) is 2.03. The van der Waals surface area contributed by atoms with E-state index >= 15 is 0 Å². The maximum absolute atomic E-state index is 12.1. The van der Waals surface area contributed by atoms with Crippen molar-refractivity contribution < 1.29 is 9.53 Å². The summed E-state index contributed by atoms with van der Waals surface area (Å²) in [5.74, 6) is 0.181. The number of anilines is 1. The highest BCUT2D eigenvalue weighted by atomic mass is 16.5. The number of benzene rings is 1. The molecule has 1 amide bonds. The van der Waals surface area contributed by atoms with Gasteiger partial charge in [-0.15, -0.1) is 0 Å². The third-order valence-corrected chi connectivity index (χ3v) is 3.24. The zero-order valence-electron chi connectivity index (χ0n) is 10.7. The molecule has 1 atom stereocenters. The van der Waals surface area contributed by atoms with Crippen molar-refractivity contribution in [3.05, 3.63) is 29.8 Å². The number of ether oxygens (including phenoxy) is 1. The van der Waals surface area contributed by atoms with Crippen molar-refractivity contribution in [1.82, 2.24) is 5.32 Å². The van der Waals surface area contributed by atoms with Crippen LogP contribution in [-0.2, 0) is 16.1 Å². The quantitative estimate of drug-likeness (QED) is 0.854. The van der Waals surface area contributed by atoms with Gasteiger partial charge in [-0.1, -0.05) is 18.2 Å². The van der Waals surface area contributed by atoms with Crippen molar-refractivity contribution in [3.8, 4) is 0 Å². The molecule has 0 unspecified atom stereocenters. The van der Waals surface area contributed by atoms with Crippen molar-refractivity contribution >= 4 is 11.6 Å². The van der Waals surface area contributed by atoms with E-state index in [1.807, 2.05) is 24.3 Å². The molecule has 0 bridgehead atoms. The Bertz CT molecular complexity index is 401. The number of carbonyl (C=O) groups excluding carboxylic acids is 1. The molecular formula is C14H20N2O2. The molecule has 1 aromatic carbocycles. The predicted molar refractivity (Wildman–Crippen MR) is 71.4 cm³/mol. The van der Waals surface area contributed by atoms with Gasteiger partial charge in [-0.3, -0.25) is 4.79 Å². The lowest BCUT2D eigenvalue weighted by Gasteiger charge is -2.22. The van der Waals surface area contributed by atoms with Crippen LogP contribution >= 0.6 is 0 Å². The number of nitrogens with one attached hydrogen (secondary N) is 2. The highest BCUT2D eigenvalue weighted by Crippen LogP contribution is 2.18. The molecule has 1 aromatic rings. The van der Waals surface area contributed by atoms with Gasteiger partial charge in [0.05, 0.1) is 12.5 Å². The van der Waals surface area contributed by atoms with Gasteiger partial charge in [0, 0.05) is 24.9 Å². The normalized spacial score (nSPS) is 19.5. The summed E-state index contributed by atoms with van der Waals surface area (Å²) in [5, 5.41) is 6.26. The lowest BCUT2D eigenvalue weighted by atomic mass is 9.98. The zero-order chi connectivity index (χ0) is 12.8. The molecule has 4 nitrogen and oxygen atoms in total. The van der Waals surface area contributed by atoms with Crippen LogP contribution < -0.4 is 10.6 Å². The Morgan fingerprint density at radius 1 is 1.50 bits per heavy atom. The number of carbonyl (C=O) groups is 1. The Kier molecular flexibility index (Phi) is 4.73. The third-order valence-electron chi connectivity index (χ3n) is 3.24. The van der Waals surface area contributed by atoms with Crippen LogP contribution in [0.4, 0.5) is 5.69 Å². The molecule has 0 spiro atoms. The van der Waals surface area contributed by atoms with Gasteiger partial charge < -0.3 is 15.4 Å². The lowest BCUT2D eigenvalue weighted by molar-refractivity contribution is -0.120. The minimum atomic E-state index is 0.0781. The van der Waals surface area contributed by atoms with Gasteiger partial charge in [0.2, 0.25) is 5.91 Å². The largest absolute Gasteiger partial charge is 0.380 e. The number of hydrogen-bond acceptors (Lipinski definition) is 3. The van der Waals surface area contributed by atoms with Gasteiger partial charge in [0.1, 0.15) is 0 Å². The Labute approximate surface area is 108 Å². The second-order valence-corrected chi connectivity index (χ2v) is 4.62. The topological polar surface area (TPSA) is 50.4 Å². The highest BCUT2D eigenvalue weighted by Gasteiger charge is 2.21. The van der Waals surface area contributed by atoms with Crippen LogP contribution in [0.15, 0.2) is 24.3 Å².